The molecule has 1 fully saturated rings. The molecule has 0 radical (unpaired) electrons. The number of benzene rings is 1. The van der Waals surface area contributed by atoms with Crippen molar-refractivity contribution in [3.8, 4) is 0 Å². The molecule has 3 N–H and O–H groups in total. The molecule has 2 aromatic rings. The number of aromatic nitrogens is 2. The second-order valence-corrected chi connectivity index (χ2v) is 5.82. The zero-order chi connectivity index (χ0) is 15.5. The molecule has 1 aliphatic rings. The van der Waals surface area contributed by atoms with Crippen LogP contribution in [0.2, 0.25) is 0 Å². The molecule has 2 atom stereocenters. The quantitative estimate of drug-likeness (QED) is 0.696. The molecule has 1 aromatic carbocycles. The molecule has 0 spiro atoms. The van der Waals surface area contributed by atoms with E-state index in [1.165, 1.54) is 0 Å². The van der Waals surface area contributed by atoms with Crippen molar-refractivity contribution in [2.75, 3.05) is 13.1 Å². The number of hydrogen-bond donors (Lipinski definition) is 3. The number of para-hydroxylation sites is 2. The summed E-state index contributed by atoms with van der Waals surface area (Å²) in [4.78, 5) is 16.5. The van der Waals surface area contributed by atoms with E-state index in [-0.39, 0.29) is 11.9 Å². The highest BCUT2D eigenvalue weighted by atomic mass is 16.3. The minimum absolute atomic E-state index is 0.0263. The van der Waals surface area contributed by atoms with Crippen LogP contribution in [0.15, 0.2) is 24.3 Å². The summed E-state index contributed by atoms with van der Waals surface area (Å²) in [5, 5.41) is 15.3. The van der Waals surface area contributed by atoms with Crippen molar-refractivity contribution in [3.63, 3.8) is 0 Å². The van der Waals surface area contributed by atoms with Gasteiger partial charge in [0, 0.05) is 26.6 Å². The molecular formula is C16H22N4O2. The van der Waals surface area contributed by atoms with Crippen molar-refractivity contribution < 1.29 is 9.90 Å². The van der Waals surface area contributed by atoms with Crippen molar-refractivity contribution >= 4 is 16.9 Å². The van der Waals surface area contributed by atoms with Gasteiger partial charge in [-0.3, -0.25) is 4.79 Å². The molecule has 3 rings (SSSR count). The van der Waals surface area contributed by atoms with Gasteiger partial charge in [0.2, 0.25) is 5.91 Å². The standard InChI is InChI=1S/C16H22N4O2/c1-20-14-6-3-2-5-12(14)19-15(20)7-4-8-17-16(22)13-9-11(21)10-18-13/h2-3,5-6,11,13,18,21H,4,7-10H2,1H3,(H,17,22)/t11-,13+/m0/s1. The fourth-order valence-corrected chi connectivity index (χ4v) is 2.92. The van der Waals surface area contributed by atoms with Gasteiger partial charge in [0.15, 0.2) is 0 Å². The van der Waals surface area contributed by atoms with E-state index in [9.17, 15) is 9.90 Å². The molecule has 6 heteroatoms. The molecule has 1 saturated heterocycles. The fourth-order valence-electron chi connectivity index (χ4n) is 2.92. The highest BCUT2D eigenvalue weighted by molar-refractivity contribution is 5.82. The van der Waals surface area contributed by atoms with E-state index >= 15 is 0 Å². The second kappa shape index (κ2) is 6.46. The highest BCUT2D eigenvalue weighted by Gasteiger charge is 2.27. The number of hydrogen-bond acceptors (Lipinski definition) is 4. The lowest BCUT2D eigenvalue weighted by Gasteiger charge is -2.10. The van der Waals surface area contributed by atoms with E-state index in [2.05, 4.69) is 26.3 Å². The first-order valence-electron chi connectivity index (χ1n) is 7.74. The van der Waals surface area contributed by atoms with Gasteiger partial charge < -0.3 is 20.3 Å². The number of fused-ring (bicyclic) bond motifs is 1. The summed E-state index contributed by atoms with van der Waals surface area (Å²) < 4.78 is 2.10. The van der Waals surface area contributed by atoms with Gasteiger partial charge in [-0.15, -0.1) is 0 Å². The zero-order valence-corrected chi connectivity index (χ0v) is 12.7. The second-order valence-electron chi connectivity index (χ2n) is 5.82. The summed E-state index contributed by atoms with van der Waals surface area (Å²) in [5.74, 6) is 1.01. The molecule has 0 unspecified atom stereocenters. The Hall–Kier alpha value is -1.92. The Balaban J connectivity index is 1.48. The Bertz CT molecular complexity index is 667. The number of aliphatic hydroxyl groups is 1. The third-order valence-electron chi connectivity index (χ3n) is 4.18. The topological polar surface area (TPSA) is 79.2 Å². The summed E-state index contributed by atoms with van der Waals surface area (Å²) in [7, 11) is 2.02. The van der Waals surface area contributed by atoms with Crippen LogP contribution in [0.5, 0.6) is 0 Å². The molecule has 118 valence electrons. The number of carbonyl (C=O) groups excluding carboxylic acids is 1. The Morgan fingerprint density at radius 2 is 2.32 bits per heavy atom. The maximum Gasteiger partial charge on any atom is 0.237 e. The van der Waals surface area contributed by atoms with Crippen LogP contribution in [0.3, 0.4) is 0 Å². The molecule has 2 heterocycles. The van der Waals surface area contributed by atoms with Gasteiger partial charge in [-0.05, 0) is 25.0 Å². The Kier molecular flexibility index (Phi) is 4.40. The Morgan fingerprint density at radius 1 is 1.50 bits per heavy atom. The van der Waals surface area contributed by atoms with Gasteiger partial charge in [-0.1, -0.05) is 12.1 Å². The third-order valence-corrected chi connectivity index (χ3v) is 4.18. The molecule has 1 aliphatic heterocycles. The smallest absolute Gasteiger partial charge is 0.237 e. The maximum absolute atomic E-state index is 11.9. The number of β-amino-alcohol motifs (C(OH)–C–C–N with tert-alkyl or cyclic N) is 1. The average Bonchev–Trinajstić information content (AvgIpc) is 3.08. The number of aryl methyl sites for hydroxylation is 2. The molecule has 0 aliphatic carbocycles. The van der Waals surface area contributed by atoms with Crippen LogP contribution in [0, 0.1) is 0 Å². The van der Waals surface area contributed by atoms with E-state index in [1.54, 1.807) is 0 Å². The van der Waals surface area contributed by atoms with Crippen LogP contribution in [-0.4, -0.2) is 45.8 Å². The molecule has 1 aromatic heterocycles. The minimum atomic E-state index is -0.407. The van der Waals surface area contributed by atoms with Gasteiger partial charge in [-0.25, -0.2) is 4.98 Å². The zero-order valence-electron chi connectivity index (χ0n) is 12.7. The summed E-state index contributed by atoms with van der Waals surface area (Å²) in [6.07, 6.45) is 1.76. The van der Waals surface area contributed by atoms with E-state index in [0.717, 1.165) is 29.7 Å². The minimum Gasteiger partial charge on any atom is -0.392 e. The lowest BCUT2D eigenvalue weighted by molar-refractivity contribution is -0.122. The van der Waals surface area contributed by atoms with Gasteiger partial charge in [-0.2, -0.15) is 0 Å². The number of amides is 1. The van der Waals surface area contributed by atoms with Gasteiger partial charge in [0.1, 0.15) is 5.82 Å². The molecule has 0 bridgehead atoms. The highest BCUT2D eigenvalue weighted by Crippen LogP contribution is 2.15. The number of carbonyl (C=O) groups is 1. The van der Waals surface area contributed by atoms with Crippen molar-refractivity contribution in [2.24, 2.45) is 7.05 Å². The van der Waals surface area contributed by atoms with Crippen molar-refractivity contribution in [1.29, 1.82) is 0 Å². The van der Waals surface area contributed by atoms with Crippen LogP contribution in [0.4, 0.5) is 0 Å². The summed E-state index contributed by atoms with van der Waals surface area (Å²) >= 11 is 0. The summed E-state index contributed by atoms with van der Waals surface area (Å²) in [5.41, 5.74) is 2.14. The number of nitrogens with one attached hydrogen (secondary N) is 2. The van der Waals surface area contributed by atoms with Crippen LogP contribution in [-0.2, 0) is 18.3 Å². The molecule has 1 amide bonds. The predicted molar refractivity (Wildman–Crippen MR) is 84.5 cm³/mol. The van der Waals surface area contributed by atoms with E-state index in [0.29, 0.717) is 19.5 Å². The predicted octanol–water partition coefficient (Wildman–Crippen LogP) is 0.345. The largest absolute Gasteiger partial charge is 0.392 e. The van der Waals surface area contributed by atoms with E-state index in [1.807, 2.05) is 25.2 Å². The SMILES string of the molecule is Cn1c(CCCNC(=O)[C@H]2C[C@H](O)CN2)nc2ccccc21. The number of imidazole rings is 1. The van der Waals surface area contributed by atoms with Crippen molar-refractivity contribution in [3.05, 3.63) is 30.1 Å². The number of rotatable bonds is 5. The van der Waals surface area contributed by atoms with Crippen LogP contribution in [0.1, 0.15) is 18.7 Å². The molecule has 0 saturated carbocycles. The summed E-state index contributed by atoms with van der Waals surface area (Å²) in [6, 6.07) is 7.81. The average molecular weight is 302 g/mol. The first-order valence-corrected chi connectivity index (χ1v) is 7.74. The third kappa shape index (κ3) is 3.13. The van der Waals surface area contributed by atoms with Crippen molar-refractivity contribution in [2.45, 2.75) is 31.4 Å². The maximum atomic E-state index is 11.9. The monoisotopic (exact) mass is 302 g/mol. The summed E-state index contributed by atoms with van der Waals surface area (Å²) in [6.45, 7) is 1.12. The molecular weight excluding hydrogens is 280 g/mol. The van der Waals surface area contributed by atoms with Crippen LogP contribution in [0.25, 0.3) is 11.0 Å². The lowest BCUT2D eigenvalue weighted by Crippen LogP contribution is -2.40. The van der Waals surface area contributed by atoms with Crippen LogP contribution >= 0.6 is 0 Å². The first kappa shape index (κ1) is 15.0. The van der Waals surface area contributed by atoms with Crippen molar-refractivity contribution in [1.82, 2.24) is 20.2 Å². The van der Waals surface area contributed by atoms with Crippen LogP contribution < -0.4 is 10.6 Å². The van der Waals surface area contributed by atoms with Gasteiger partial charge >= 0.3 is 0 Å². The Labute approximate surface area is 129 Å². The number of nitrogens with zero attached hydrogens (tertiary/aromatic N) is 2. The fraction of sp³-hybridized carbons (Fsp3) is 0.500. The van der Waals surface area contributed by atoms with Gasteiger partial charge in [0.25, 0.3) is 0 Å². The Morgan fingerprint density at radius 3 is 3.05 bits per heavy atom. The molecule has 6 nitrogen and oxygen atoms in total. The molecule has 22 heavy (non-hydrogen) atoms. The number of aliphatic hydroxyl groups excluding tert-OH is 1. The normalized spacial score (nSPS) is 21.4. The lowest BCUT2D eigenvalue weighted by atomic mass is 10.2. The first-order chi connectivity index (χ1) is 10.6. The van der Waals surface area contributed by atoms with E-state index in [4.69, 9.17) is 0 Å². The van der Waals surface area contributed by atoms with Gasteiger partial charge in [0.05, 0.1) is 23.2 Å². The van der Waals surface area contributed by atoms with E-state index < -0.39 is 6.10 Å².